The van der Waals surface area contributed by atoms with Crippen LogP contribution in [0.2, 0.25) is 0 Å². The molecule has 2 heterocycles. The molecule has 0 aliphatic carbocycles. The van der Waals surface area contributed by atoms with Crippen molar-refractivity contribution >= 4 is 74.8 Å². The van der Waals surface area contributed by atoms with E-state index in [1.165, 1.54) is 0 Å². The summed E-state index contributed by atoms with van der Waals surface area (Å²) in [7, 11) is 4.04. The van der Waals surface area contributed by atoms with Crippen LogP contribution in [0.1, 0.15) is 17.6 Å². The molecule has 0 aliphatic rings. The maximum absolute atomic E-state index is 13.5. The number of carbonyl (C=O) groups is 1. The Balaban J connectivity index is 1.02. The first-order valence-corrected chi connectivity index (χ1v) is 17.1. The molecule has 44 heavy (non-hydrogen) atoms. The minimum absolute atomic E-state index is 0.0658. The van der Waals surface area contributed by atoms with E-state index in [9.17, 15) is 4.79 Å². The summed E-state index contributed by atoms with van der Waals surface area (Å²) < 4.78 is 4.10. The van der Waals surface area contributed by atoms with Gasteiger partial charge in [-0.15, -0.1) is 0 Å². The van der Waals surface area contributed by atoms with E-state index < -0.39 is 0 Å². The Labute approximate surface area is 266 Å². The molecule has 0 atom stereocenters. The quantitative estimate of drug-likeness (QED) is 0.0948. The minimum atomic E-state index is 0.0658. The molecule has 7 nitrogen and oxygen atoms in total. The van der Waals surface area contributed by atoms with Crippen LogP contribution in [0.25, 0.3) is 22.1 Å². The third-order valence-electron chi connectivity index (χ3n) is 7.61. The molecule has 0 fully saturated rings. The molecule has 4 aromatic carbocycles. The van der Waals surface area contributed by atoms with Gasteiger partial charge in [0.25, 0.3) is 0 Å². The molecule has 0 saturated heterocycles. The lowest BCUT2D eigenvalue weighted by Gasteiger charge is -2.20. The highest BCUT2D eigenvalue weighted by Crippen LogP contribution is 2.29. The lowest BCUT2D eigenvalue weighted by atomic mass is 10.3. The normalized spacial score (nSPS) is 11.3. The van der Waals surface area contributed by atoms with E-state index in [1.807, 2.05) is 102 Å². The van der Waals surface area contributed by atoms with Gasteiger partial charge < -0.3 is 14.4 Å². The lowest BCUT2D eigenvalue weighted by Crippen LogP contribution is -2.20. The summed E-state index contributed by atoms with van der Waals surface area (Å²) in [6.45, 7) is 0.897. The zero-order valence-corrected chi connectivity index (χ0v) is 26.7. The molecule has 0 bridgehead atoms. The Bertz CT molecular complexity index is 1840. The number of thioether (sulfide) groups is 2. The fourth-order valence-electron chi connectivity index (χ4n) is 5.33. The van der Waals surface area contributed by atoms with E-state index in [4.69, 9.17) is 9.97 Å². The maximum atomic E-state index is 13.5. The highest BCUT2D eigenvalue weighted by atomic mass is 32.2. The van der Waals surface area contributed by atoms with Crippen LogP contribution < -0.4 is 9.80 Å². The number of hydrogen-bond donors (Lipinski definition) is 0. The molecule has 0 saturated carbocycles. The number of carbonyl (C=O) groups excluding carboxylic acids is 1. The van der Waals surface area contributed by atoms with Crippen LogP contribution in [0.5, 0.6) is 0 Å². The van der Waals surface area contributed by atoms with Crippen molar-refractivity contribution in [2.45, 2.75) is 19.4 Å². The summed E-state index contributed by atoms with van der Waals surface area (Å²) in [5, 5.41) is 0.955. The van der Waals surface area contributed by atoms with Crippen LogP contribution in [0.15, 0.2) is 109 Å². The van der Waals surface area contributed by atoms with E-state index >= 15 is 0 Å². The van der Waals surface area contributed by atoms with Crippen molar-refractivity contribution in [1.29, 1.82) is 0 Å². The number of aryl methyl sites for hydroxylation is 1. The Hall–Kier alpha value is -4.21. The van der Waals surface area contributed by atoms with Gasteiger partial charge in [0.2, 0.25) is 17.8 Å². The van der Waals surface area contributed by atoms with Crippen LogP contribution in [-0.4, -0.2) is 55.7 Å². The Morgan fingerprint density at radius 1 is 0.659 bits per heavy atom. The molecule has 224 valence electrons. The first kappa shape index (κ1) is 29.8. The summed E-state index contributed by atoms with van der Waals surface area (Å²) >= 11 is 3.74. The molecule has 9 heteroatoms. The second-order valence-corrected chi connectivity index (χ2v) is 13.1. The number of para-hydroxylation sites is 6. The SMILES string of the molecule is CN(c1ccccc1)c1nc2ccccc2n1CCCSCSCCC(=O)n1c(N(C)c2ccccc2)nc2ccccc21. The van der Waals surface area contributed by atoms with Gasteiger partial charge in [0, 0.05) is 49.3 Å². The number of fused-ring (bicyclic) bond motifs is 2. The lowest BCUT2D eigenvalue weighted by molar-refractivity contribution is 0.0917. The molecular weight excluding hydrogens is 585 g/mol. The van der Waals surface area contributed by atoms with Crippen LogP contribution in [-0.2, 0) is 6.54 Å². The molecule has 0 aliphatic heterocycles. The van der Waals surface area contributed by atoms with Gasteiger partial charge in [-0.05, 0) is 60.7 Å². The minimum Gasteiger partial charge on any atom is -0.315 e. The Morgan fingerprint density at radius 2 is 1.18 bits per heavy atom. The summed E-state index contributed by atoms with van der Waals surface area (Å²) in [6.07, 6.45) is 1.49. The average Bonchev–Trinajstić information content (AvgIpc) is 3.65. The van der Waals surface area contributed by atoms with E-state index in [-0.39, 0.29) is 5.91 Å². The standard InChI is InChI=1S/C35H36N6OS2/c1-38(27-14-5-3-6-15-27)34-36-29-18-9-11-20-31(29)40(34)23-13-24-43-26-44-25-22-33(42)41-32-21-12-10-19-30(32)37-35(41)39(2)28-16-7-4-8-17-28/h3-12,14-21H,13,22-26H2,1-2H3. The van der Waals surface area contributed by atoms with Gasteiger partial charge in [0.05, 0.1) is 22.1 Å². The number of hydrogen-bond acceptors (Lipinski definition) is 7. The van der Waals surface area contributed by atoms with Gasteiger partial charge in [0.1, 0.15) is 0 Å². The third-order valence-corrected chi connectivity index (χ3v) is 10.0. The predicted octanol–water partition coefficient (Wildman–Crippen LogP) is 8.47. The van der Waals surface area contributed by atoms with Crippen LogP contribution in [0, 0.1) is 0 Å². The number of benzene rings is 4. The van der Waals surface area contributed by atoms with Crippen molar-refractivity contribution in [3.63, 3.8) is 0 Å². The summed E-state index contributed by atoms with van der Waals surface area (Å²) in [5.41, 5.74) is 5.95. The van der Waals surface area contributed by atoms with E-state index in [2.05, 4.69) is 59.0 Å². The molecule has 0 unspecified atom stereocenters. The second-order valence-electron chi connectivity index (χ2n) is 10.5. The van der Waals surface area contributed by atoms with Gasteiger partial charge in [-0.1, -0.05) is 60.7 Å². The fraction of sp³-hybridized carbons (Fsp3) is 0.229. The summed E-state index contributed by atoms with van der Waals surface area (Å²) in [5.74, 6) is 3.48. The van der Waals surface area contributed by atoms with Crippen molar-refractivity contribution in [2.75, 3.05) is 40.5 Å². The first-order valence-electron chi connectivity index (χ1n) is 14.8. The first-order chi connectivity index (χ1) is 21.6. The number of imidazole rings is 2. The molecule has 0 N–H and O–H groups in total. The molecule has 2 aromatic heterocycles. The number of aromatic nitrogens is 4. The smallest absolute Gasteiger partial charge is 0.234 e. The monoisotopic (exact) mass is 620 g/mol. The van der Waals surface area contributed by atoms with Crippen molar-refractivity contribution in [3.05, 3.63) is 109 Å². The van der Waals surface area contributed by atoms with E-state index in [0.717, 1.165) is 68.9 Å². The molecule has 6 rings (SSSR count). The summed E-state index contributed by atoms with van der Waals surface area (Å²) in [4.78, 5) is 27.4. The number of nitrogens with zero attached hydrogens (tertiary/aromatic N) is 6. The van der Waals surface area contributed by atoms with Gasteiger partial charge in [0.15, 0.2) is 0 Å². The number of rotatable bonds is 13. The van der Waals surface area contributed by atoms with Gasteiger partial charge in [-0.2, -0.15) is 23.5 Å². The highest BCUT2D eigenvalue weighted by molar-refractivity contribution is 8.15. The zero-order valence-electron chi connectivity index (χ0n) is 25.0. The van der Waals surface area contributed by atoms with Crippen LogP contribution in [0.3, 0.4) is 0 Å². The predicted molar refractivity (Wildman–Crippen MR) is 188 cm³/mol. The Kier molecular flexibility index (Phi) is 9.53. The van der Waals surface area contributed by atoms with Gasteiger partial charge in [-0.3, -0.25) is 4.79 Å². The van der Waals surface area contributed by atoms with Crippen molar-refractivity contribution in [3.8, 4) is 0 Å². The van der Waals surface area contributed by atoms with Gasteiger partial charge in [-0.25, -0.2) is 14.5 Å². The van der Waals surface area contributed by atoms with Crippen molar-refractivity contribution in [1.82, 2.24) is 19.1 Å². The molecule has 0 radical (unpaired) electrons. The topological polar surface area (TPSA) is 59.2 Å². The molecule has 6 aromatic rings. The third kappa shape index (κ3) is 6.49. The highest BCUT2D eigenvalue weighted by Gasteiger charge is 2.20. The van der Waals surface area contributed by atoms with E-state index in [0.29, 0.717) is 12.4 Å². The van der Waals surface area contributed by atoms with E-state index in [1.54, 1.807) is 4.57 Å². The van der Waals surface area contributed by atoms with Crippen LogP contribution in [0.4, 0.5) is 23.3 Å². The van der Waals surface area contributed by atoms with Crippen molar-refractivity contribution in [2.24, 2.45) is 0 Å². The second kappa shape index (κ2) is 14.1. The Morgan fingerprint density at radius 3 is 1.86 bits per heavy atom. The maximum Gasteiger partial charge on any atom is 0.234 e. The molecule has 0 spiro atoms. The molecular formula is C35H36N6OS2. The van der Waals surface area contributed by atoms with Gasteiger partial charge >= 0.3 is 0 Å². The molecule has 0 amide bonds. The zero-order chi connectivity index (χ0) is 30.3. The summed E-state index contributed by atoms with van der Waals surface area (Å²) in [6, 6.07) is 36.6. The fourth-order valence-corrected chi connectivity index (χ4v) is 7.40. The van der Waals surface area contributed by atoms with Crippen LogP contribution >= 0.6 is 23.5 Å². The number of anilines is 4. The average molecular weight is 621 g/mol. The largest absolute Gasteiger partial charge is 0.315 e. The van der Waals surface area contributed by atoms with Crippen molar-refractivity contribution < 1.29 is 4.79 Å².